The maximum atomic E-state index is 12.1. The number of hydrogen-bond donors (Lipinski definition) is 2. The van der Waals surface area contributed by atoms with E-state index in [2.05, 4.69) is 10.6 Å². The molecule has 0 fully saturated rings. The van der Waals surface area contributed by atoms with Crippen molar-refractivity contribution in [2.75, 3.05) is 24.9 Å². The number of para-hydroxylation sites is 1. The van der Waals surface area contributed by atoms with Crippen LogP contribution in [-0.4, -0.2) is 20.3 Å². The Balaban J connectivity index is 2.17. The summed E-state index contributed by atoms with van der Waals surface area (Å²) in [6.07, 6.45) is 0. The number of hydrogen-bond acceptors (Lipinski definition) is 3. The van der Waals surface area contributed by atoms with Crippen molar-refractivity contribution < 1.29 is 14.3 Å². The molecule has 0 aliphatic rings. The lowest BCUT2D eigenvalue weighted by atomic mass is 10.2. The van der Waals surface area contributed by atoms with Gasteiger partial charge in [0.2, 0.25) is 0 Å². The lowest BCUT2D eigenvalue weighted by molar-refractivity contribution is 0.262. The second-order valence-corrected chi connectivity index (χ2v) is 5.06. The Kier molecular flexibility index (Phi) is 5.35. The molecule has 0 aromatic heterocycles. The summed E-state index contributed by atoms with van der Waals surface area (Å²) in [5.74, 6) is 0.979. The Labute approximate surface area is 138 Å². The van der Waals surface area contributed by atoms with Gasteiger partial charge in [0.15, 0.2) is 0 Å². The molecular weight excluding hydrogens is 327 g/mol. The van der Waals surface area contributed by atoms with Gasteiger partial charge < -0.3 is 20.1 Å². The number of halogens is 2. The molecule has 0 unspecified atom stereocenters. The number of nitrogens with one attached hydrogen (secondary N) is 2. The zero-order valence-corrected chi connectivity index (χ0v) is 13.5. The molecule has 2 N–H and O–H groups in total. The molecule has 0 saturated carbocycles. The van der Waals surface area contributed by atoms with E-state index in [1.54, 1.807) is 36.4 Å². The normalized spacial score (nSPS) is 10.0. The SMILES string of the molecule is COc1cccc(OC)c1NC(=O)Nc1ccc(Cl)c(Cl)c1. The maximum Gasteiger partial charge on any atom is 0.323 e. The first-order chi connectivity index (χ1) is 10.5. The standard InChI is InChI=1S/C15H14Cl2N2O3/c1-21-12-4-3-5-13(22-2)14(12)19-15(20)18-9-6-7-10(16)11(17)8-9/h3-8H,1-2H3,(H2,18,19,20). The summed E-state index contributed by atoms with van der Waals surface area (Å²) in [5.41, 5.74) is 0.950. The Bertz CT molecular complexity index is 670. The summed E-state index contributed by atoms with van der Waals surface area (Å²) in [6.45, 7) is 0. The summed E-state index contributed by atoms with van der Waals surface area (Å²) in [4.78, 5) is 12.1. The number of urea groups is 1. The lowest BCUT2D eigenvalue weighted by Gasteiger charge is -2.14. The van der Waals surface area contributed by atoms with Crippen LogP contribution in [0.3, 0.4) is 0 Å². The predicted molar refractivity (Wildman–Crippen MR) is 88.6 cm³/mol. The minimum absolute atomic E-state index is 0.356. The van der Waals surface area contributed by atoms with E-state index in [-0.39, 0.29) is 0 Å². The molecule has 0 spiro atoms. The van der Waals surface area contributed by atoms with Crippen LogP contribution in [0.4, 0.5) is 16.2 Å². The summed E-state index contributed by atoms with van der Waals surface area (Å²) in [7, 11) is 3.02. The van der Waals surface area contributed by atoms with Crippen molar-refractivity contribution in [2.45, 2.75) is 0 Å². The first kappa shape index (κ1) is 16.3. The van der Waals surface area contributed by atoms with Crippen molar-refractivity contribution in [3.8, 4) is 11.5 Å². The maximum absolute atomic E-state index is 12.1. The molecule has 0 aliphatic carbocycles. The molecule has 0 aliphatic heterocycles. The molecule has 2 rings (SSSR count). The second-order valence-electron chi connectivity index (χ2n) is 4.25. The number of methoxy groups -OCH3 is 2. The molecule has 0 heterocycles. The van der Waals surface area contributed by atoms with Gasteiger partial charge in [0.25, 0.3) is 0 Å². The van der Waals surface area contributed by atoms with Crippen LogP contribution in [0.15, 0.2) is 36.4 Å². The average molecular weight is 341 g/mol. The van der Waals surface area contributed by atoms with Crippen LogP contribution in [0.2, 0.25) is 10.0 Å². The Morgan fingerprint density at radius 3 is 2.14 bits per heavy atom. The van der Waals surface area contributed by atoms with Crippen molar-refractivity contribution in [1.29, 1.82) is 0 Å². The summed E-state index contributed by atoms with van der Waals surface area (Å²) in [5, 5.41) is 6.12. The van der Waals surface area contributed by atoms with Crippen LogP contribution >= 0.6 is 23.2 Å². The van der Waals surface area contributed by atoms with Crippen molar-refractivity contribution in [2.24, 2.45) is 0 Å². The van der Waals surface area contributed by atoms with E-state index in [1.807, 2.05) is 0 Å². The molecule has 2 aromatic rings. The number of ether oxygens (including phenoxy) is 2. The van der Waals surface area contributed by atoms with Crippen LogP contribution in [0.5, 0.6) is 11.5 Å². The van der Waals surface area contributed by atoms with Gasteiger partial charge in [0.05, 0.1) is 24.3 Å². The van der Waals surface area contributed by atoms with Gasteiger partial charge in [-0.1, -0.05) is 29.3 Å². The molecule has 2 amide bonds. The largest absolute Gasteiger partial charge is 0.494 e. The Morgan fingerprint density at radius 2 is 1.59 bits per heavy atom. The van der Waals surface area contributed by atoms with E-state index in [4.69, 9.17) is 32.7 Å². The van der Waals surface area contributed by atoms with Gasteiger partial charge in [-0.15, -0.1) is 0 Å². The minimum atomic E-state index is -0.457. The number of amides is 2. The van der Waals surface area contributed by atoms with Gasteiger partial charge in [-0.25, -0.2) is 4.79 Å². The second kappa shape index (κ2) is 7.24. The molecule has 0 atom stereocenters. The van der Waals surface area contributed by atoms with Gasteiger partial charge >= 0.3 is 6.03 Å². The summed E-state index contributed by atoms with van der Waals surface area (Å²) in [6, 6.07) is 9.55. The van der Waals surface area contributed by atoms with Gasteiger partial charge in [-0.3, -0.25) is 0 Å². The number of carbonyl (C=O) groups is 1. The molecule has 5 nitrogen and oxygen atoms in total. The molecular formula is C15H14Cl2N2O3. The van der Waals surface area contributed by atoms with Crippen molar-refractivity contribution in [3.63, 3.8) is 0 Å². The summed E-state index contributed by atoms with van der Waals surface area (Å²) < 4.78 is 10.4. The molecule has 2 aromatic carbocycles. The van der Waals surface area contributed by atoms with Crippen LogP contribution in [-0.2, 0) is 0 Å². The van der Waals surface area contributed by atoms with Gasteiger partial charge in [-0.2, -0.15) is 0 Å². The van der Waals surface area contributed by atoms with Gasteiger partial charge in [0, 0.05) is 5.69 Å². The van der Waals surface area contributed by atoms with Crippen molar-refractivity contribution in [1.82, 2.24) is 0 Å². The van der Waals surface area contributed by atoms with E-state index in [0.29, 0.717) is 32.9 Å². The smallest absolute Gasteiger partial charge is 0.323 e. The molecule has 116 valence electrons. The zero-order valence-electron chi connectivity index (χ0n) is 11.9. The van der Waals surface area contributed by atoms with E-state index in [9.17, 15) is 4.79 Å². The highest BCUT2D eigenvalue weighted by molar-refractivity contribution is 6.42. The first-order valence-corrected chi connectivity index (χ1v) is 7.04. The molecule has 7 heteroatoms. The Morgan fingerprint density at radius 1 is 0.955 bits per heavy atom. The number of benzene rings is 2. The minimum Gasteiger partial charge on any atom is -0.494 e. The van der Waals surface area contributed by atoms with Crippen molar-refractivity contribution in [3.05, 3.63) is 46.4 Å². The monoisotopic (exact) mass is 340 g/mol. The van der Waals surface area contributed by atoms with Crippen LogP contribution in [0.1, 0.15) is 0 Å². The lowest BCUT2D eigenvalue weighted by Crippen LogP contribution is -2.20. The van der Waals surface area contributed by atoms with Gasteiger partial charge in [-0.05, 0) is 30.3 Å². The fraction of sp³-hybridized carbons (Fsp3) is 0.133. The van der Waals surface area contributed by atoms with Crippen molar-refractivity contribution >= 4 is 40.6 Å². The summed E-state index contributed by atoms with van der Waals surface area (Å²) >= 11 is 11.7. The number of anilines is 2. The third-order valence-electron chi connectivity index (χ3n) is 2.84. The highest BCUT2D eigenvalue weighted by atomic mass is 35.5. The zero-order chi connectivity index (χ0) is 16.1. The van der Waals surface area contributed by atoms with E-state index in [0.717, 1.165) is 0 Å². The topological polar surface area (TPSA) is 59.6 Å². The third-order valence-corrected chi connectivity index (χ3v) is 3.58. The van der Waals surface area contributed by atoms with Crippen LogP contribution < -0.4 is 20.1 Å². The quantitative estimate of drug-likeness (QED) is 0.851. The van der Waals surface area contributed by atoms with Crippen LogP contribution in [0.25, 0.3) is 0 Å². The number of rotatable bonds is 4. The number of carbonyl (C=O) groups excluding carboxylic acids is 1. The Hall–Kier alpha value is -2.11. The average Bonchev–Trinajstić information content (AvgIpc) is 2.51. The van der Waals surface area contributed by atoms with Crippen LogP contribution in [0, 0.1) is 0 Å². The molecule has 22 heavy (non-hydrogen) atoms. The first-order valence-electron chi connectivity index (χ1n) is 6.29. The van der Waals surface area contributed by atoms with E-state index in [1.165, 1.54) is 14.2 Å². The highest BCUT2D eigenvalue weighted by Crippen LogP contribution is 2.34. The highest BCUT2D eigenvalue weighted by Gasteiger charge is 2.13. The fourth-order valence-corrected chi connectivity index (χ4v) is 2.12. The predicted octanol–water partition coefficient (Wildman–Crippen LogP) is 4.65. The third kappa shape index (κ3) is 3.75. The van der Waals surface area contributed by atoms with E-state index < -0.39 is 6.03 Å². The molecule has 0 saturated heterocycles. The molecule has 0 radical (unpaired) electrons. The fourth-order valence-electron chi connectivity index (χ4n) is 1.82. The van der Waals surface area contributed by atoms with E-state index >= 15 is 0 Å². The molecule has 0 bridgehead atoms. The van der Waals surface area contributed by atoms with Gasteiger partial charge in [0.1, 0.15) is 17.2 Å².